The Hall–Kier alpha value is -8.14. The summed E-state index contributed by atoms with van der Waals surface area (Å²) in [6.45, 7) is 0. The molecule has 0 N–H and O–H groups in total. The van der Waals surface area contributed by atoms with E-state index in [4.69, 9.17) is 4.74 Å². The van der Waals surface area contributed by atoms with Crippen molar-refractivity contribution in [3.8, 4) is 44.9 Å². The lowest BCUT2D eigenvalue weighted by Crippen LogP contribution is -2.17. The second-order valence-corrected chi connectivity index (χ2v) is 16.4. The standard InChI is InChI=1S/C60H42N2O/c1-3-19-46(20-4-1)61(47-21-5-2-6-22-47)50-37-39-58-56(40-50)55-27-13-18-45-32-38-57(60(63-58)59(45)55)62(48-33-28-43(29-34-48)53-25-11-16-41-14-7-9-23-51(41)53)49-35-30-44(31-36-49)54-26-12-17-42-15-8-10-24-52(42)54/h1-5,7-21,23-40H,6,22H2. The summed E-state index contributed by atoms with van der Waals surface area (Å²) in [6, 6.07) is 76.7. The van der Waals surface area contributed by atoms with Crippen molar-refractivity contribution in [2.45, 2.75) is 12.8 Å². The SMILES string of the molecule is C1=CCCC(N(c2ccccc2)c2ccc3c(c2)-c2cccc4ccc(N(c5ccc(-c6cccc7ccccc67)cc5)c5ccc(-c6cccc7ccccc67)cc5)c(c24)O3)=C1. The molecule has 0 bridgehead atoms. The largest absolute Gasteiger partial charge is 0.454 e. The highest BCUT2D eigenvalue weighted by molar-refractivity contribution is 6.09. The third-order valence-electron chi connectivity index (χ3n) is 12.7. The van der Waals surface area contributed by atoms with E-state index in [9.17, 15) is 0 Å². The van der Waals surface area contributed by atoms with Crippen LogP contribution in [0.2, 0.25) is 0 Å². The van der Waals surface area contributed by atoms with Crippen molar-refractivity contribution in [3.63, 3.8) is 0 Å². The predicted octanol–water partition coefficient (Wildman–Crippen LogP) is 17.1. The zero-order valence-corrected chi connectivity index (χ0v) is 34.7. The van der Waals surface area contributed by atoms with Gasteiger partial charge in [0, 0.05) is 39.4 Å². The molecule has 1 aliphatic heterocycles. The number of anilines is 5. The van der Waals surface area contributed by atoms with Gasteiger partial charge in [-0.3, -0.25) is 0 Å². The van der Waals surface area contributed by atoms with Crippen LogP contribution < -0.4 is 14.5 Å². The van der Waals surface area contributed by atoms with Crippen LogP contribution in [0.15, 0.2) is 236 Å². The molecule has 0 saturated carbocycles. The van der Waals surface area contributed by atoms with Crippen LogP contribution in [0.4, 0.5) is 28.4 Å². The average molecular weight is 807 g/mol. The monoisotopic (exact) mass is 806 g/mol. The first-order chi connectivity index (χ1) is 31.2. The predicted molar refractivity (Wildman–Crippen MR) is 265 cm³/mol. The lowest BCUT2D eigenvalue weighted by molar-refractivity contribution is 0.488. The van der Waals surface area contributed by atoms with Crippen LogP contribution in [0, 0.1) is 0 Å². The summed E-state index contributed by atoms with van der Waals surface area (Å²) < 4.78 is 7.19. The summed E-state index contributed by atoms with van der Waals surface area (Å²) in [6.07, 6.45) is 8.65. The second kappa shape index (κ2) is 15.4. The van der Waals surface area contributed by atoms with Gasteiger partial charge in [-0.2, -0.15) is 0 Å². The van der Waals surface area contributed by atoms with Gasteiger partial charge < -0.3 is 14.5 Å². The molecule has 1 aliphatic carbocycles. The van der Waals surface area contributed by atoms with Gasteiger partial charge in [-0.1, -0.05) is 164 Å². The molecule has 10 aromatic rings. The molecule has 2 aliphatic rings. The van der Waals surface area contributed by atoms with E-state index in [1.807, 2.05) is 0 Å². The van der Waals surface area contributed by atoms with Crippen molar-refractivity contribution in [1.29, 1.82) is 0 Å². The molecule has 12 rings (SSSR count). The molecule has 10 aromatic carbocycles. The summed E-state index contributed by atoms with van der Waals surface area (Å²) in [4.78, 5) is 4.74. The summed E-state index contributed by atoms with van der Waals surface area (Å²) >= 11 is 0. The van der Waals surface area contributed by atoms with E-state index < -0.39 is 0 Å². The fourth-order valence-electron chi connectivity index (χ4n) is 9.70. The number of para-hydroxylation sites is 1. The number of hydrogen-bond donors (Lipinski definition) is 0. The Morgan fingerprint density at radius 3 is 1.59 bits per heavy atom. The molecule has 0 radical (unpaired) electrons. The van der Waals surface area contributed by atoms with Crippen LogP contribution in [0.1, 0.15) is 12.8 Å². The van der Waals surface area contributed by atoms with Gasteiger partial charge in [0.05, 0.1) is 5.69 Å². The molecule has 0 saturated heterocycles. The van der Waals surface area contributed by atoms with Crippen molar-refractivity contribution in [2.75, 3.05) is 9.80 Å². The molecule has 63 heavy (non-hydrogen) atoms. The topological polar surface area (TPSA) is 15.7 Å². The maximum Gasteiger partial charge on any atom is 0.159 e. The van der Waals surface area contributed by atoms with Crippen LogP contribution in [0.5, 0.6) is 11.5 Å². The molecule has 0 amide bonds. The summed E-state index contributed by atoms with van der Waals surface area (Å²) in [5, 5.41) is 7.21. The first-order valence-electron chi connectivity index (χ1n) is 21.8. The van der Waals surface area contributed by atoms with Crippen LogP contribution in [0.3, 0.4) is 0 Å². The van der Waals surface area contributed by atoms with Crippen LogP contribution in [-0.4, -0.2) is 0 Å². The Bertz CT molecular complexity index is 3290. The van der Waals surface area contributed by atoms with Gasteiger partial charge >= 0.3 is 0 Å². The van der Waals surface area contributed by atoms with E-state index >= 15 is 0 Å². The minimum atomic E-state index is 0.842. The molecule has 0 spiro atoms. The molecular formula is C60H42N2O. The van der Waals surface area contributed by atoms with Crippen molar-refractivity contribution in [2.24, 2.45) is 0 Å². The second-order valence-electron chi connectivity index (χ2n) is 16.4. The van der Waals surface area contributed by atoms with Gasteiger partial charge in [-0.25, -0.2) is 0 Å². The van der Waals surface area contributed by atoms with E-state index in [2.05, 4.69) is 240 Å². The fraction of sp³-hybridized carbons (Fsp3) is 0.0333. The summed E-state index contributed by atoms with van der Waals surface area (Å²) in [5.74, 6) is 1.69. The van der Waals surface area contributed by atoms with Crippen molar-refractivity contribution in [1.82, 2.24) is 0 Å². The Morgan fingerprint density at radius 2 is 0.952 bits per heavy atom. The maximum absolute atomic E-state index is 7.19. The number of benzene rings is 10. The first-order valence-corrected chi connectivity index (χ1v) is 21.8. The zero-order valence-electron chi connectivity index (χ0n) is 34.7. The molecule has 0 unspecified atom stereocenters. The molecule has 3 nitrogen and oxygen atoms in total. The maximum atomic E-state index is 7.19. The lowest BCUT2D eigenvalue weighted by atomic mass is 9.93. The van der Waals surface area contributed by atoms with E-state index in [-0.39, 0.29) is 0 Å². The third-order valence-corrected chi connectivity index (χ3v) is 12.7. The molecule has 0 aromatic heterocycles. The van der Waals surface area contributed by atoms with Crippen molar-refractivity contribution >= 4 is 60.8 Å². The van der Waals surface area contributed by atoms with Gasteiger partial charge in [-0.15, -0.1) is 0 Å². The quantitative estimate of drug-likeness (QED) is 0.152. The van der Waals surface area contributed by atoms with Crippen molar-refractivity contribution < 1.29 is 4.74 Å². The van der Waals surface area contributed by atoms with Crippen LogP contribution in [-0.2, 0) is 0 Å². The number of rotatable bonds is 8. The minimum Gasteiger partial charge on any atom is -0.454 e. The highest BCUT2D eigenvalue weighted by atomic mass is 16.5. The van der Waals surface area contributed by atoms with Crippen molar-refractivity contribution in [3.05, 3.63) is 236 Å². The summed E-state index contributed by atoms with van der Waals surface area (Å²) in [5.41, 5.74) is 13.6. The highest BCUT2D eigenvalue weighted by Crippen LogP contribution is 2.54. The number of ether oxygens (including phenoxy) is 1. The third kappa shape index (κ3) is 6.45. The molecule has 1 heterocycles. The van der Waals surface area contributed by atoms with Gasteiger partial charge in [0.15, 0.2) is 5.75 Å². The summed E-state index contributed by atoms with van der Waals surface area (Å²) in [7, 11) is 0. The Kier molecular flexibility index (Phi) is 8.97. The fourth-order valence-corrected chi connectivity index (χ4v) is 9.70. The van der Waals surface area contributed by atoms with E-state index in [1.54, 1.807) is 0 Å². The minimum absolute atomic E-state index is 0.842. The number of allylic oxidation sites excluding steroid dienone is 4. The van der Waals surface area contributed by atoms with E-state index in [0.717, 1.165) is 74.7 Å². The van der Waals surface area contributed by atoms with Gasteiger partial charge in [0.25, 0.3) is 0 Å². The number of nitrogens with zero attached hydrogens (tertiary/aromatic N) is 2. The van der Waals surface area contributed by atoms with Gasteiger partial charge in [0.1, 0.15) is 5.75 Å². The van der Waals surface area contributed by atoms with Crippen LogP contribution >= 0.6 is 0 Å². The Balaban J connectivity index is 1.01. The zero-order chi connectivity index (χ0) is 41.7. The molecular weight excluding hydrogens is 765 g/mol. The first kappa shape index (κ1) is 36.7. The van der Waals surface area contributed by atoms with E-state index in [1.165, 1.54) is 49.5 Å². The lowest BCUT2D eigenvalue weighted by Gasteiger charge is -2.32. The molecule has 298 valence electrons. The Labute approximate surface area is 367 Å². The highest BCUT2D eigenvalue weighted by Gasteiger charge is 2.28. The van der Waals surface area contributed by atoms with Gasteiger partial charge in [0.2, 0.25) is 0 Å². The number of hydrogen-bond acceptors (Lipinski definition) is 3. The van der Waals surface area contributed by atoms with Crippen LogP contribution in [0.25, 0.3) is 65.7 Å². The van der Waals surface area contributed by atoms with Gasteiger partial charge in [-0.05, 0) is 134 Å². The Morgan fingerprint density at radius 1 is 0.397 bits per heavy atom. The smallest absolute Gasteiger partial charge is 0.159 e. The molecule has 0 fully saturated rings. The van der Waals surface area contributed by atoms with E-state index in [0.29, 0.717) is 0 Å². The molecule has 0 atom stereocenters. The normalized spacial score (nSPS) is 12.8. The average Bonchev–Trinajstić information content (AvgIpc) is 3.36. The number of fused-ring (bicyclic) bond motifs is 4. The molecule has 3 heteroatoms.